The van der Waals surface area contributed by atoms with E-state index in [0.717, 1.165) is 31.4 Å². The average molecular weight is 470 g/mol. The summed E-state index contributed by atoms with van der Waals surface area (Å²) in [5.74, 6) is 1.25. The molecule has 1 aromatic heterocycles. The van der Waals surface area contributed by atoms with Crippen molar-refractivity contribution in [3.05, 3.63) is 11.7 Å². The Balaban J connectivity index is 1.63. The fourth-order valence-electron chi connectivity index (χ4n) is 4.78. The number of carbonyl (C=O) groups is 1. The summed E-state index contributed by atoms with van der Waals surface area (Å²) in [4.78, 5) is 20.8. The molecule has 2 aliphatic rings. The number of amides is 1. The normalized spacial score (nSPS) is 23.4. The van der Waals surface area contributed by atoms with Gasteiger partial charge in [-0.05, 0) is 18.8 Å². The van der Waals surface area contributed by atoms with Gasteiger partial charge in [0, 0.05) is 24.2 Å². The van der Waals surface area contributed by atoms with E-state index in [2.05, 4.69) is 19.9 Å². The molecule has 0 saturated heterocycles. The fraction of sp³-hybridized carbons (Fsp3) is 0.810. The van der Waals surface area contributed by atoms with Gasteiger partial charge in [-0.2, -0.15) is 4.98 Å². The van der Waals surface area contributed by atoms with E-state index in [9.17, 15) is 13.2 Å². The van der Waals surface area contributed by atoms with Gasteiger partial charge in [0.05, 0.1) is 12.8 Å². The molecule has 1 saturated carbocycles. The van der Waals surface area contributed by atoms with Crippen LogP contribution in [-0.2, 0) is 14.8 Å². The van der Waals surface area contributed by atoms with Crippen LogP contribution in [0.15, 0.2) is 9.52 Å². The predicted molar refractivity (Wildman–Crippen MR) is 119 cm³/mol. The molecule has 3 N–H and O–H groups in total. The first-order valence-electron chi connectivity index (χ1n) is 11.5. The number of hydroxylamine groups is 1. The highest BCUT2D eigenvalue weighted by molar-refractivity contribution is 7.89. The summed E-state index contributed by atoms with van der Waals surface area (Å²) in [6, 6.07) is 0. The van der Waals surface area contributed by atoms with E-state index < -0.39 is 15.9 Å². The van der Waals surface area contributed by atoms with Gasteiger partial charge >= 0.3 is 0 Å². The Morgan fingerprint density at radius 3 is 2.69 bits per heavy atom. The largest absolute Gasteiger partial charge is 0.339 e. The molecular formula is C21H35N5O5S. The van der Waals surface area contributed by atoms with Crippen molar-refractivity contribution in [2.45, 2.75) is 83.0 Å². The third-order valence-corrected chi connectivity index (χ3v) is 7.07. The van der Waals surface area contributed by atoms with Crippen LogP contribution in [0.2, 0.25) is 0 Å². The first kappa shape index (κ1) is 24.6. The van der Waals surface area contributed by atoms with E-state index >= 15 is 0 Å². The molecule has 32 heavy (non-hydrogen) atoms. The summed E-state index contributed by atoms with van der Waals surface area (Å²) in [6.07, 6.45) is 11.2. The number of nitrogens with zero attached hydrogens (tertiary/aromatic N) is 3. The lowest BCUT2D eigenvalue weighted by molar-refractivity contribution is -0.129. The molecule has 0 aromatic carbocycles. The number of nitrogens with one attached hydrogen (secondary N) is 2. The number of sulfonamides is 1. The minimum absolute atomic E-state index is 0.0813. The van der Waals surface area contributed by atoms with Crippen molar-refractivity contribution >= 4 is 21.8 Å². The van der Waals surface area contributed by atoms with Gasteiger partial charge in [-0.25, -0.2) is 13.9 Å². The van der Waals surface area contributed by atoms with Crippen LogP contribution in [0.1, 0.15) is 94.7 Å². The maximum absolute atomic E-state index is 11.8. The Bertz CT molecular complexity index is 894. The molecule has 1 amide bonds. The lowest BCUT2D eigenvalue weighted by Crippen LogP contribution is -2.37. The van der Waals surface area contributed by atoms with Crippen LogP contribution in [0, 0.1) is 11.8 Å². The van der Waals surface area contributed by atoms with E-state index in [1.807, 2.05) is 6.92 Å². The molecule has 0 radical (unpaired) electrons. The highest BCUT2D eigenvalue weighted by atomic mass is 32.2. The standard InChI is InChI=1S/C21H35N5O5S/c1-14-11-17(13-22-19(14)26-32(2,29)30)20-23-21(31-25-20)16(12-18(27)24-28)10-6-9-15-7-4-3-5-8-15/h14-17,28H,3-13H2,1-2H3,(H,22,26)(H,24,27)/t14?,16-,17?/m1/s1. The lowest BCUT2D eigenvalue weighted by atomic mass is 9.84. The monoisotopic (exact) mass is 469 g/mol. The zero-order valence-corrected chi connectivity index (χ0v) is 19.7. The highest BCUT2D eigenvalue weighted by Crippen LogP contribution is 2.32. The van der Waals surface area contributed by atoms with Crippen LogP contribution in [0.5, 0.6) is 0 Å². The number of amidine groups is 1. The highest BCUT2D eigenvalue weighted by Gasteiger charge is 2.30. The minimum atomic E-state index is -3.37. The zero-order valence-electron chi connectivity index (χ0n) is 18.9. The first-order valence-corrected chi connectivity index (χ1v) is 13.4. The van der Waals surface area contributed by atoms with Crippen LogP contribution in [0.3, 0.4) is 0 Å². The number of hydrogen-bond donors (Lipinski definition) is 3. The molecule has 0 spiro atoms. The summed E-state index contributed by atoms with van der Waals surface area (Å²) in [7, 11) is -3.37. The molecule has 180 valence electrons. The summed E-state index contributed by atoms with van der Waals surface area (Å²) < 4.78 is 31.0. The molecule has 0 bridgehead atoms. The quantitative estimate of drug-likeness (QED) is 0.372. The first-order chi connectivity index (χ1) is 15.2. The van der Waals surface area contributed by atoms with Crippen molar-refractivity contribution in [3.63, 3.8) is 0 Å². The SMILES string of the molecule is CC1CC(c2noc([C@H](CCCC3CCCCC3)CC(=O)NO)n2)CN=C1NS(C)(=O)=O. The summed E-state index contributed by atoms with van der Waals surface area (Å²) in [6.45, 7) is 2.27. The molecule has 2 heterocycles. The number of hydrogen-bond acceptors (Lipinski definition) is 8. The maximum atomic E-state index is 11.8. The van der Waals surface area contributed by atoms with Crippen molar-refractivity contribution in [1.29, 1.82) is 0 Å². The van der Waals surface area contributed by atoms with Crippen molar-refractivity contribution < 1.29 is 22.9 Å². The van der Waals surface area contributed by atoms with E-state index in [-0.39, 0.29) is 24.2 Å². The van der Waals surface area contributed by atoms with Gasteiger partial charge in [-0.15, -0.1) is 0 Å². The van der Waals surface area contributed by atoms with Gasteiger partial charge < -0.3 is 4.52 Å². The molecule has 3 rings (SSSR count). The van der Waals surface area contributed by atoms with E-state index in [4.69, 9.17) is 9.73 Å². The molecule has 3 atom stereocenters. The average Bonchev–Trinajstić information content (AvgIpc) is 3.24. The van der Waals surface area contributed by atoms with E-state index in [1.165, 1.54) is 32.1 Å². The van der Waals surface area contributed by atoms with Crippen molar-refractivity contribution in [1.82, 2.24) is 20.3 Å². The number of rotatable bonds is 9. The minimum Gasteiger partial charge on any atom is -0.339 e. The van der Waals surface area contributed by atoms with Gasteiger partial charge in [0.15, 0.2) is 5.82 Å². The lowest BCUT2D eigenvalue weighted by Gasteiger charge is -2.24. The second kappa shape index (κ2) is 11.2. The van der Waals surface area contributed by atoms with Crippen LogP contribution >= 0.6 is 0 Å². The number of aromatic nitrogens is 2. The van der Waals surface area contributed by atoms with Gasteiger partial charge in [-0.3, -0.25) is 19.7 Å². The third-order valence-electron chi connectivity index (χ3n) is 6.49. The fourth-order valence-corrected chi connectivity index (χ4v) is 5.42. The van der Waals surface area contributed by atoms with Gasteiger partial charge in [0.25, 0.3) is 0 Å². The third kappa shape index (κ3) is 7.26. The van der Waals surface area contributed by atoms with Crippen molar-refractivity contribution in [3.8, 4) is 0 Å². The van der Waals surface area contributed by atoms with Crippen LogP contribution in [-0.4, -0.2) is 48.3 Å². The second-order valence-corrected chi connectivity index (χ2v) is 11.0. The predicted octanol–water partition coefficient (Wildman–Crippen LogP) is 2.87. The Labute approximate surface area is 189 Å². The Hall–Kier alpha value is -2.01. The van der Waals surface area contributed by atoms with Gasteiger partial charge in [0.2, 0.25) is 21.8 Å². The molecule has 1 aromatic rings. The zero-order chi connectivity index (χ0) is 23.1. The van der Waals surface area contributed by atoms with E-state index in [0.29, 0.717) is 30.5 Å². The van der Waals surface area contributed by atoms with Gasteiger partial charge in [0.1, 0.15) is 5.84 Å². The number of aliphatic imine (C=N–C) groups is 1. The molecule has 1 aliphatic heterocycles. The second-order valence-electron chi connectivity index (χ2n) is 9.30. The maximum Gasteiger partial charge on any atom is 0.244 e. The molecule has 1 fully saturated rings. The van der Waals surface area contributed by atoms with Crippen LogP contribution in [0.25, 0.3) is 0 Å². The Morgan fingerprint density at radius 1 is 1.28 bits per heavy atom. The summed E-state index contributed by atoms with van der Waals surface area (Å²) >= 11 is 0. The summed E-state index contributed by atoms with van der Waals surface area (Å²) in [5.41, 5.74) is 1.70. The molecule has 1 aliphatic carbocycles. The van der Waals surface area contributed by atoms with Crippen molar-refractivity contribution in [2.75, 3.05) is 12.8 Å². The summed E-state index contributed by atoms with van der Waals surface area (Å²) in [5, 5.41) is 13.1. The molecular weight excluding hydrogens is 434 g/mol. The number of carbonyl (C=O) groups excluding carboxylic acids is 1. The molecule has 2 unspecified atom stereocenters. The van der Waals surface area contributed by atoms with Crippen molar-refractivity contribution in [2.24, 2.45) is 16.8 Å². The Kier molecular flexibility index (Phi) is 8.64. The van der Waals surface area contributed by atoms with Crippen LogP contribution in [0.4, 0.5) is 0 Å². The van der Waals surface area contributed by atoms with Gasteiger partial charge in [-0.1, -0.05) is 57.0 Å². The Morgan fingerprint density at radius 2 is 2.03 bits per heavy atom. The van der Waals surface area contributed by atoms with Crippen LogP contribution < -0.4 is 10.2 Å². The molecule has 11 heteroatoms. The van der Waals surface area contributed by atoms with E-state index in [1.54, 1.807) is 5.48 Å². The topological polar surface area (TPSA) is 147 Å². The molecule has 10 nitrogen and oxygen atoms in total. The smallest absolute Gasteiger partial charge is 0.244 e.